The van der Waals surface area contributed by atoms with Crippen LogP contribution in [-0.2, 0) is 14.3 Å². The number of hydrogen-bond acceptors (Lipinski definition) is 5. The van der Waals surface area contributed by atoms with Crippen LogP contribution in [0.25, 0.3) is 0 Å². The number of aromatic nitrogens is 1. The van der Waals surface area contributed by atoms with Crippen LogP contribution in [-0.4, -0.2) is 46.0 Å². The Bertz CT molecular complexity index is 846. The molecule has 0 radical (unpaired) electrons. The number of carbonyl (C=O) groups is 3. The molecule has 0 bridgehead atoms. The van der Waals surface area contributed by atoms with Gasteiger partial charge in [0.1, 0.15) is 5.60 Å². The second-order valence-corrected chi connectivity index (χ2v) is 8.43. The Morgan fingerprint density at radius 3 is 2.69 bits per heavy atom. The normalized spacial score (nSPS) is 22.4. The maximum atomic E-state index is 12.5. The summed E-state index contributed by atoms with van der Waals surface area (Å²) in [5.74, 6) is 5.32. The zero-order valence-corrected chi connectivity index (χ0v) is 17.2. The number of nitrogens with zero attached hydrogens (tertiary/aromatic N) is 2. The number of likely N-dealkylation sites (tertiary alicyclic amines) is 1. The first-order valence-corrected chi connectivity index (χ1v) is 10.0. The number of ether oxygens (including phenoxy) is 1. The maximum absolute atomic E-state index is 12.5. The summed E-state index contributed by atoms with van der Waals surface area (Å²) >= 11 is 0. The first-order chi connectivity index (χ1) is 13.7. The highest BCUT2D eigenvalue weighted by Gasteiger charge is 2.30. The third-order valence-electron chi connectivity index (χ3n) is 4.90. The zero-order chi connectivity index (χ0) is 21.0. The van der Waals surface area contributed by atoms with Crippen molar-refractivity contribution in [3.8, 4) is 11.8 Å². The summed E-state index contributed by atoms with van der Waals surface area (Å²) < 4.78 is 5.51. The van der Waals surface area contributed by atoms with Gasteiger partial charge in [0.15, 0.2) is 0 Å². The number of hydrogen-bond donors (Lipinski definition) is 1. The largest absolute Gasteiger partial charge is 0.444 e. The molecular formula is C22H27N3O4. The molecule has 2 atom stereocenters. The van der Waals surface area contributed by atoms with Crippen molar-refractivity contribution in [3.05, 3.63) is 29.6 Å². The van der Waals surface area contributed by atoms with Gasteiger partial charge in [-0.3, -0.25) is 24.8 Å². The predicted octanol–water partition coefficient (Wildman–Crippen LogP) is 2.74. The van der Waals surface area contributed by atoms with Crippen molar-refractivity contribution in [1.82, 2.24) is 15.2 Å². The molecule has 2 aliphatic rings. The minimum Gasteiger partial charge on any atom is -0.444 e. The van der Waals surface area contributed by atoms with Gasteiger partial charge in [-0.1, -0.05) is 11.8 Å². The van der Waals surface area contributed by atoms with E-state index in [9.17, 15) is 14.4 Å². The van der Waals surface area contributed by atoms with Gasteiger partial charge in [-0.25, -0.2) is 4.79 Å². The van der Waals surface area contributed by atoms with Gasteiger partial charge in [0, 0.05) is 24.7 Å². The van der Waals surface area contributed by atoms with E-state index in [1.807, 2.05) is 26.8 Å². The van der Waals surface area contributed by atoms with Gasteiger partial charge in [-0.2, -0.15) is 0 Å². The van der Waals surface area contributed by atoms with E-state index in [0.717, 1.165) is 24.8 Å². The Hall–Kier alpha value is -2.88. The van der Waals surface area contributed by atoms with Crippen molar-refractivity contribution >= 4 is 17.9 Å². The van der Waals surface area contributed by atoms with E-state index in [1.54, 1.807) is 17.2 Å². The van der Waals surface area contributed by atoms with E-state index < -0.39 is 11.5 Å². The van der Waals surface area contributed by atoms with Crippen LogP contribution >= 0.6 is 0 Å². The summed E-state index contributed by atoms with van der Waals surface area (Å²) in [6, 6.07) is 3.41. The number of imide groups is 1. The Morgan fingerprint density at radius 1 is 1.24 bits per heavy atom. The zero-order valence-electron chi connectivity index (χ0n) is 17.2. The highest BCUT2D eigenvalue weighted by atomic mass is 16.6. The van der Waals surface area contributed by atoms with Gasteiger partial charge in [0.05, 0.1) is 17.7 Å². The highest BCUT2D eigenvalue weighted by molar-refractivity contribution is 6.00. The molecule has 0 aliphatic carbocycles. The summed E-state index contributed by atoms with van der Waals surface area (Å²) in [6.07, 6.45) is 4.87. The van der Waals surface area contributed by atoms with Crippen LogP contribution in [0.2, 0.25) is 0 Å². The Kier molecular flexibility index (Phi) is 6.21. The molecule has 1 aromatic heterocycles. The SMILES string of the molecule is CC(C)(C)OC(=O)N1CCCCC1C#Cc1ccc(C2CCC(=O)NC2=O)nc1. The summed E-state index contributed by atoms with van der Waals surface area (Å²) in [7, 11) is 0. The monoisotopic (exact) mass is 397 g/mol. The molecule has 154 valence electrons. The maximum Gasteiger partial charge on any atom is 0.411 e. The molecule has 7 nitrogen and oxygen atoms in total. The molecule has 7 heteroatoms. The van der Waals surface area contributed by atoms with Crippen molar-refractivity contribution in [1.29, 1.82) is 0 Å². The molecule has 3 rings (SSSR count). The van der Waals surface area contributed by atoms with E-state index in [1.165, 1.54) is 0 Å². The van der Waals surface area contributed by atoms with E-state index in [-0.39, 0.29) is 23.9 Å². The third kappa shape index (κ3) is 5.57. The second-order valence-electron chi connectivity index (χ2n) is 8.43. The average molecular weight is 397 g/mol. The standard InChI is InChI=1S/C22H27N3O4/c1-22(2,3)29-21(28)25-13-5-4-6-16(25)9-7-15-8-11-18(23-14-15)17-10-12-19(26)24-20(17)27/h8,11,14,16-17H,4-6,10,12-13H2,1-3H3,(H,24,26,27). The molecule has 2 fully saturated rings. The fraction of sp³-hybridized carbons (Fsp3) is 0.545. The van der Waals surface area contributed by atoms with Crippen molar-refractivity contribution in [2.45, 2.75) is 70.4 Å². The predicted molar refractivity (Wildman–Crippen MR) is 107 cm³/mol. The molecule has 2 aliphatic heterocycles. The molecular weight excluding hydrogens is 370 g/mol. The van der Waals surface area contributed by atoms with E-state index >= 15 is 0 Å². The van der Waals surface area contributed by atoms with Crippen LogP contribution in [0.1, 0.15) is 70.1 Å². The van der Waals surface area contributed by atoms with Crippen molar-refractivity contribution in [2.75, 3.05) is 6.54 Å². The summed E-state index contributed by atoms with van der Waals surface area (Å²) in [4.78, 5) is 41.8. The van der Waals surface area contributed by atoms with Gasteiger partial charge < -0.3 is 4.74 Å². The van der Waals surface area contributed by atoms with Gasteiger partial charge in [-0.15, -0.1) is 0 Å². The molecule has 2 unspecified atom stereocenters. The molecule has 1 aromatic rings. The van der Waals surface area contributed by atoms with Gasteiger partial charge in [0.25, 0.3) is 0 Å². The van der Waals surface area contributed by atoms with Crippen LogP contribution in [0.3, 0.4) is 0 Å². The van der Waals surface area contributed by atoms with Crippen molar-refractivity contribution < 1.29 is 19.1 Å². The smallest absolute Gasteiger partial charge is 0.411 e. The first-order valence-electron chi connectivity index (χ1n) is 10.0. The molecule has 1 N–H and O–H groups in total. The molecule has 2 saturated heterocycles. The highest BCUT2D eigenvalue weighted by Crippen LogP contribution is 2.23. The fourth-order valence-electron chi connectivity index (χ4n) is 3.45. The third-order valence-corrected chi connectivity index (χ3v) is 4.90. The minimum atomic E-state index is -0.539. The van der Waals surface area contributed by atoms with E-state index in [2.05, 4.69) is 22.1 Å². The van der Waals surface area contributed by atoms with Crippen molar-refractivity contribution in [2.24, 2.45) is 0 Å². The van der Waals surface area contributed by atoms with Crippen LogP contribution in [0, 0.1) is 11.8 Å². The molecule has 0 spiro atoms. The van der Waals surface area contributed by atoms with Gasteiger partial charge in [0.2, 0.25) is 11.8 Å². The van der Waals surface area contributed by atoms with Crippen LogP contribution in [0.15, 0.2) is 18.3 Å². The molecule has 3 heterocycles. The number of carbonyl (C=O) groups excluding carboxylic acids is 3. The minimum absolute atomic E-state index is 0.187. The van der Waals surface area contributed by atoms with Crippen LogP contribution in [0.4, 0.5) is 4.79 Å². The van der Waals surface area contributed by atoms with Crippen molar-refractivity contribution in [3.63, 3.8) is 0 Å². The Balaban J connectivity index is 1.68. The lowest BCUT2D eigenvalue weighted by Crippen LogP contribution is -2.45. The lowest BCUT2D eigenvalue weighted by Gasteiger charge is -2.34. The van der Waals surface area contributed by atoms with Crippen LogP contribution < -0.4 is 5.32 Å². The Labute approximate surface area is 171 Å². The lowest BCUT2D eigenvalue weighted by molar-refractivity contribution is -0.134. The summed E-state index contributed by atoms with van der Waals surface area (Å²) in [6.45, 7) is 6.20. The van der Waals surface area contributed by atoms with E-state index in [0.29, 0.717) is 25.1 Å². The summed E-state index contributed by atoms with van der Waals surface area (Å²) in [5, 5.41) is 2.35. The number of rotatable bonds is 1. The number of amides is 3. The quantitative estimate of drug-likeness (QED) is 0.581. The topological polar surface area (TPSA) is 88.6 Å². The number of pyridine rings is 1. The first kappa shape index (κ1) is 20.8. The Morgan fingerprint density at radius 2 is 2.03 bits per heavy atom. The molecule has 3 amide bonds. The summed E-state index contributed by atoms with van der Waals surface area (Å²) in [5.41, 5.74) is 0.812. The molecule has 29 heavy (non-hydrogen) atoms. The van der Waals surface area contributed by atoms with E-state index in [4.69, 9.17) is 4.74 Å². The fourth-order valence-corrected chi connectivity index (χ4v) is 3.45. The average Bonchev–Trinajstić information content (AvgIpc) is 2.66. The van der Waals surface area contributed by atoms with Crippen LogP contribution in [0.5, 0.6) is 0 Å². The molecule has 0 saturated carbocycles. The molecule has 0 aromatic carbocycles. The van der Waals surface area contributed by atoms with Gasteiger partial charge >= 0.3 is 6.09 Å². The van der Waals surface area contributed by atoms with Gasteiger partial charge in [-0.05, 0) is 58.6 Å². The number of nitrogens with one attached hydrogen (secondary N) is 1. The lowest BCUT2D eigenvalue weighted by atomic mass is 9.94. The number of piperidine rings is 2. The second kappa shape index (κ2) is 8.64.